The van der Waals surface area contributed by atoms with E-state index in [-0.39, 0.29) is 18.1 Å². The third-order valence-corrected chi connectivity index (χ3v) is 6.40. The van der Waals surface area contributed by atoms with Crippen molar-refractivity contribution in [3.8, 4) is 0 Å². The highest BCUT2D eigenvalue weighted by Gasteiger charge is 2.35. The normalized spacial score (nSPS) is 17.3. The molecule has 0 N–H and O–H groups in total. The Hall–Kier alpha value is -2.13. The van der Waals surface area contributed by atoms with Crippen molar-refractivity contribution in [2.75, 3.05) is 0 Å². The molecule has 1 aliphatic rings. The Morgan fingerprint density at radius 3 is 2.13 bits per heavy atom. The van der Waals surface area contributed by atoms with Crippen LogP contribution < -0.4 is 0 Å². The minimum absolute atomic E-state index is 0.0820. The summed E-state index contributed by atoms with van der Waals surface area (Å²) in [6.45, 7) is 8.97. The van der Waals surface area contributed by atoms with Crippen LogP contribution in [-0.2, 0) is 16.1 Å². The second-order valence-electron chi connectivity index (χ2n) is 10.0. The molecule has 2 atom stereocenters. The van der Waals surface area contributed by atoms with Crippen LogP contribution in [0, 0.1) is 5.92 Å². The van der Waals surface area contributed by atoms with Gasteiger partial charge in [0.25, 0.3) is 0 Å². The van der Waals surface area contributed by atoms with Gasteiger partial charge in [-0.1, -0.05) is 79.9 Å². The molecule has 31 heavy (non-hydrogen) atoms. The zero-order valence-corrected chi connectivity index (χ0v) is 19.7. The highest BCUT2D eigenvalue weighted by atomic mass is 16.6. The summed E-state index contributed by atoms with van der Waals surface area (Å²) in [6, 6.07) is 21.7. The van der Waals surface area contributed by atoms with Crippen LogP contribution >= 0.6 is 0 Å². The average molecular weight is 422 g/mol. The summed E-state index contributed by atoms with van der Waals surface area (Å²) >= 11 is 0. The van der Waals surface area contributed by atoms with Gasteiger partial charge in [-0.25, -0.2) is 0 Å². The van der Waals surface area contributed by atoms with Crippen molar-refractivity contribution in [3.63, 3.8) is 0 Å². The fraction of sp³-hybridized carbons (Fsp3) is 0.536. The van der Waals surface area contributed by atoms with Crippen molar-refractivity contribution < 1.29 is 9.53 Å². The molecule has 0 spiro atoms. The topological polar surface area (TPSA) is 29.5 Å². The van der Waals surface area contributed by atoms with Crippen molar-refractivity contribution in [2.24, 2.45) is 5.92 Å². The van der Waals surface area contributed by atoms with Gasteiger partial charge in [-0.3, -0.25) is 9.69 Å². The first-order chi connectivity index (χ1) is 14.8. The fourth-order valence-electron chi connectivity index (χ4n) is 4.89. The van der Waals surface area contributed by atoms with E-state index in [0.717, 1.165) is 6.54 Å². The molecule has 0 aromatic heterocycles. The van der Waals surface area contributed by atoms with Crippen LogP contribution in [0.5, 0.6) is 0 Å². The van der Waals surface area contributed by atoms with Crippen LogP contribution in [0.2, 0.25) is 0 Å². The van der Waals surface area contributed by atoms with Crippen LogP contribution in [-0.4, -0.2) is 22.5 Å². The third kappa shape index (κ3) is 7.21. The molecule has 1 fully saturated rings. The Balaban J connectivity index is 1.92. The van der Waals surface area contributed by atoms with Crippen LogP contribution in [0.1, 0.15) is 83.4 Å². The quantitative estimate of drug-likeness (QED) is 0.433. The van der Waals surface area contributed by atoms with Crippen molar-refractivity contribution in [3.05, 3.63) is 71.8 Å². The highest BCUT2D eigenvalue weighted by Crippen LogP contribution is 2.36. The molecule has 2 aromatic carbocycles. The van der Waals surface area contributed by atoms with Crippen molar-refractivity contribution in [2.45, 2.75) is 90.4 Å². The lowest BCUT2D eigenvalue weighted by Crippen LogP contribution is -2.44. The number of rotatable bonds is 8. The molecule has 1 saturated carbocycles. The predicted molar refractivity (Wildman–Crippen MR) is 128 cm³/mol. The van der Waals surface area contributed by atoms with Gasteiger partial charge in [0, 0.05) is 18.6 Å². The number of carbonyl (C=O) groups excluding carboxylic acids is 1. The lowest BCUT2D eigenvalue weighted by Gasteiger charge is -2.42. The van der Waals surface area contributed by atoms with Gasteiger partial charge in [-0.15, -0.1) is 0 Å². The first kappa shape index (κ1) is 23.5. The molecule has 168 valence electrons. The first-order valence-corrected chi connectivity index (χ1v) is 11.9. The molecule has 3 heteroatoms. The number of benzene rings is 2. The lowest BCUT2D eigenvalue weighted by atomic mass is 9.81. The van der Waals surface area contributed by atoms with E-state index in [1.54, 1.807) is 0 Å². The maximum atomic E-state index is 13.0. The maximum Gasteiger partial charge on any atom is 0.307 e. The molecular weight excluding hydrogens is 382 g/mol. The summed E-state index contributed by atoms with van der Waals surface area (Å²) in [4.78, 5) is 15.5. The number of nitrogens with zero attached hydrogens (tertiary/aromatic N) is 1. The number of hydrogen-bond donors (Lipinski definition) is 0. The van der Waals surface area contributed by atoms with Gasteiger partial charge in [-0.05, 0) is 57.6 Å². The summed E-state index contributed by atoms with van der Waals surface area (Å²) in [5, 5.41) is 0. The second-order valence-corrected chi connectivity index (χ2v) is 10.0. The number of esters is 1. The van der Waals surface area contributed by atoms with E-state index in [1.165, 1.54) is 43.2 Å². The molecule has 1 aliphatic carbocycles. The summed E-state index contributed by atoms with van der Waals surface area (Å²) < 4.78 is 5.78. The van der Waals surface area contributed by atoms with Crippen molar-refractivity contribution in [1.29, 1.82) is 0 Å². The third-order valence-electron chi connectivity index (χ3n) is 6.40. The van der Waals surface area contributed by atoms with Crippen LogP contribution in [0.3, 0.4) is 0 Å². The SMILES string of the molecule is CC(c1ccccc1)N(Cc1ccccc1)C(CC(=O)OC(C)(C)C)C1CCCCC1. The van der Waals surface area contributed by atoms with Gasteiger partial charge in [0.1, 0.15) is 5.60 Å². The lowest BCUT2D eigenvalue weighted by molar-refractivity contribution is -0.157. The molecule has 3 nitrogen and oxygen atoms in total. The van der Waals surface area contributed by atoms with Crippen molar-refractivity contribution >= 4 is 5.97 Å². The first-order valence-electron chi connectivity index (χ1n) is 11.9. The number of ether oxygens (including phenoxy) is 1. The maximum absolute atomic E-state index is 13.0. The number of hydrogen-bond acceptors (Lipinski definition) is 3. The fourth-order valence-corrected chi connectivity index (χ4v) is 4.89. The molecule has 0 bridgehead atoms. The molecular formula is C28H39NO2. The number of carbonyl (C=O) groups is 1. The van der Waals surface area contributed by atoms with E-state index >= 15 is 0 Å². The molecule has 3 rings (SSSR count). The van der Waals surface area contributed by atoms with Gasteiger partial charge in [0.2, 0.25) is 0 Å². The summed E-state index contributed by atoms with van der Waals surface area (Å²) in [5.41, 5.74) is 2.13. The standard InChI is InChI=1S/C28H39NO2/c1-22(24-16-10-6-11-17-24)29(21-23-14-8-5-9-15-23)26(25-18-12-7-13-19-25)20-27(30)31-28(2,3)4/h5-6,8-11,14-17,22,25-26H,7,12-13,18-21H2,1-4H3. The molecule has 0 aliphatic heterocycles. The smallest absolute Gasteiger partial charge is 0.307 e. The predicted octanol–water partition coefficient (Wildman–Crippen LogP) is 6.93. The van der Waals surface area contributed by atoms with Gasteiger partial charge in [-0.2, -0.15) is 0 Å². The highest BCUT2D eigenvalue weighted by molar-refractivity contribution is 5.70. The van der Waals surface area contributed by atoms with Crippen molar-refractivity contribution in [1.82, 2.24) is 4.90 Å². The minimum Gasteiger partial charge on any atom is -0.460 e. The Morgan fingerprint density at radius 2 is 1.55 bits per heavy atom. The van der Waals surface area contributed by atoms with Gasteiger partial charge in [0.15, 0.2) is 0 Å². The van der Waals surface area contributed by atoms with Gasteiger partial charge in [0.05, 0.1) is 6.42 Å². The Kier molecular flexibility index (Phi) is 8.31. The molecule has 0 heterocycles. The van der Waals surface area contributed by atoms with E-state index in [1.807, 2.05) is 20.8 Å². The van der Waals surface area contributed by atoms with E-state index in [2.05, 4.69) is 72.5 Å². The summed E-state index contributed by atoms with van der Waals surface area (Å²) in [7, 11) is 0. The van der Waals surface area contributed by atoms with E-state index < -0.39 is 5.60 Å². The Labute approximate surface area is 188 Å². The monoisotopic (exact) mass is 421 g/mol. The largest absolute Gasteiger partial charge is 0.460 e. The molecule has 2 aromatic rings. The van der Waals surface area contributed by atoms with Gasteiger partial charge >= 0.3 is 5.97 Å². The van der Waals surface area contributed by atoms with E-state index in [4.69, 9.17) is 4.74 Å². The molecule has 2 unspecified atom stereocenters. The van der Waals surface area contributed by atoms with Crippen LogP contribution in [0.15, 0.2) is 60.7 Å². The van der Waals surface area contributed by atoms with Crippen LogP contribution in [0.25, 0.3) is 0 Å². The van der Waals surface area contributed by atoms with Crippen LogP contribution in [0.4, 0.5) is 0 Å². The average Bonchev–Trinajstić information content (AvgIpc) is 2.76. The Morgan fingerprint density at radius 1 is 0.968 bits per heavy atom. The molecule has 0 radical (unpaired) electrons. The molecule has 0 amide bonds. The Bertz CT molecular complexity index is 791. The summed E-state index contributed by atoms with van der Waals surface area (Å²) in [5.74, 6) is 0.442. The zero-order chi connectivity index (χ0) is 22.3. The zero-order valence-electron chi connectivity index (χ0n) is 19.7. The summed E-state index contributed by atoms with van der Waals surface area (Å²) in [6.07, 6.45) is 6.66. The van der Waals surface area contributed by atoms with E-state index in [9.17, 15) is 4.79 Å². The minimum atomic E-state index is -0.455. The van der Waals surface area contributed by atoms with Gasteiger partial charge < -0.3 is 4.74 Å². The molecule has 0 saturated heterocycles. The van der Waals surface area contributed by atoms with E-state index in [0.29, 0.717) is 12.3 Å². The second kappa shape index (κ2) is 10.9.